The quantitative estimate of drug-likeness (QED) is 0.490. The van der Waals surface area contributed by atoms with Gasteiger partial charge in [0.2, 0.25) is 0 Å². The van der Waals surface area contributed by atoms with Crippen LogP contribution in [-0.4, -0.2) is 17.1 Å². The van der Waals surface area contributed by atoms with Gasteiger partial charge in [0.05, 0.1) is 23.8 Å². The molecule has 0 unspecified atom stereocenters. The number of nitrogens with zero attached hydrogens (tertiary/aromatic N) is 2. The van der Waals surface area contributed by atoms with E-state index in [0.717, 1.165) is 17.4 Å². The molecule has 3 aromatic heterocycles. The number of alkyl halides is 3. The van der Waals surface area contributed by atoms with E-state index in [0.29, 0.717) is 11.3 Å². The van der Waals surface area contributed by atoms with Gasteiger partial charge in [0.15, 0.2) is 5.89 Å². The SMILES string of the molecule is COc1ccc(-c2cc(C(F)(F)F)c3c(n2)sc2c(=O)oc(C)nc23)cc1. The Bertz CT molecular complexity index is 1230. The van der Waals surface area contributed by atoms with Crippen molar-refractivity contribution in [1.82, 2.24) is 9.97 Å². The van der Waals surface area contributed by atoms with Crippen LogP contribution < -0.4 is 10.4 Å². The molecule has 0 radical (unpaired) electrons. The third-order valence-corrected chi connectivity index (χ3v) is 5.08. The summed E-state index contributed by atoms with van der Waals surface area (Å²) < 4.78 is 51.3. The fourth-order valence-corrected chi connectivity index (χ4v) is 3.84. The molecular weight excluding hydrogens is 381 g/mol. The van der Waals surface area contributed by atoms with Crippen LogP contribution in [0.5, 0.6) is 5.75 Å². The highest BCUT2D eigenvalue weighted by molar-refractivity contribution is 7.25. The third-order valence-electron chi connectivity index (χ3n) is 4.02. The lowest BCUT2D eigenvalue weighted by Crippen LogP contribution is -2.07. The Morgan fingerprint density at radius 1 is 1.15 bits per heavy atom. The van der Waals surface area contributed by atoms with Gasteiger partial charge < -0.3 is 9.15 Å². The lowest BCUT2D eigenvalue weighted by atomic mass is 10.1. The largest absolute Gasteiger partial charge is 0.497 e. The van der Waals surface area contributed by atoms with E-state index in [4.69, 9.17) is 9.15 Å². The number of ether oxygens (including phenoxy) is 1. The third kappa shape index (κ3) is 2.93. The van der Waals surface area contributed by atoms with Gasteiger partial charge in [0.1, 0.15) is 20.8 Å². The Kier molecular flexibility index (Phi) is 3.92. The number of thiophene rings is 1. The second-order valence-corrected chi connectivity index (χ2v) is 6.76. The van der Waals surface area contributed by atoms with E-state index in [2.05, 4.69) is 9.97 Å². The highest BCUT2D eigenvalue weighted by Gasteiger charge is 2.35. The van der Waals surface area contributed by atoms with Gasteiger partial charge in [-0.05, 0) is 30.3 Å². The van der Waals surface area contributed by atoms with Gasteiger partial charge in [-0.25, -0.2) is 14.8 Å². The molecule has 0 saturated carbocycles. The van der Waals surface area contributed by atoms with Crippen molar-refractivity contribution in [3.63, 3.8) is 0 Å². The molecule has 5 nitrogen and oxygen atoms in total. The molecule has 0 aliphatic heterocycles. The number of rotatable bonds is 2. The lowest BCUT2D eigenvalue weighted by molar-refractivity contribution is -0.136. The number of aryl methyl sites for hydroxylation is 1. The molecule has 0 spiro atoms. The van der Waals surface area contributed by atoms with Crippen molar-refractivity contribution < 1.29 is 22.3 Å². The van der Waals surface area contributed by atoms with Crippen LogP contribution in [0.15, 0.2) is 39.5 Å². The Hall–Kier alpha value is -2.94. The van der Waals surface area contributed by atoms with Gasteiger partial charge in [-0.1, -0.05) is 0 Å². The fourth-order valence-electron chi connectivity index (χ4n) is 2.82. The van der Waals surface area contributed by atoms with E-state index in [-0.39, 0.29) is 32.0 Å². The second-order valence-electron chi connectivity index (χ2n) is 5.76. The average molecular weight is 392 g/mol. The predicted octanol–water partition coefficient (Wildman–Crippen LogP) is 4.80. The van der Waals surface area contributed by atoms with Gasteiger partial charge >= 0.3 is 11.8 Å². The summed E-state index contributed by atoms with van der Waals surface area (Å²) in [6.07, 6.45) is -4.64. The Morgan fingerprint density at radius 2 is 1.85 bits per heavy atom. The zero-order chi connectivity index (χ0) is 19.3. The van der Waals surface area contributed by atoms with E-state index < -0.39 is 17.4 Å². The van der Waals surface area contributed by atoms with Crippen LogP contribution in [0.25, 0.3) is 31.7 Å². The van der Waals surface area contributed by atoms with Gasteiger partial charge in [-0.15, -0.1) is 11.3 Å². The molecular formula is C18H11F3N2O3S. The summed E-state index contributed by atoms with van der Waals surface area (Å²) in [4.78, 5) is 20.5. The first kappa shape index (κ1) is 17.5. The standard InChI is InChI=1S/C18H11F3N2O3S/c1-8-22-14-13-11(18(19,20)21)7-12(9-3-5-10(25-2)6-4-9)23-16(13)27-15(14)17(24)26-8/h3-7H,1-2H3. The van der Waals surface area contributed by atoms with Gasteiger partial charge in [-0.2, -0.15) is 13.2 Å². The molecule has 1 aromatic carbocycles. The van der Waals surface area contributed by atoms with Crippen molar-refractivity contribution in [3.05, 3.63) is 52.2 Å². The molecule has 0 atom stereocenters. The molecule has 0 N–H and O–H groups in total. The summed E-state index contributed by atoms with van der Waals surface area (Å²) in [6, 6.07) is 7.49. The summed E-state index contributed by atoms with van der Waals surface area (Å²) in [5.41, 5.74) is -1.01. The van der Waals surface area contributed by atoms with Crippen molar-refractivity contribution in [1.29, 1.82) is 0 Å². The van der Waals surface area contributed by atoms with Crippen molar-refractivity contribution in [2.24, 2.45) is 0 Å². The Morgan fingerprint density at radius 3 is 2.48 bits per heavy atom. The van der Waals surface area contributed by atoms with Crippen molar-refractivity contribution in [2.75, 3.05) is 7.11 Å². The minimum atomic E-state index is -4.64. The van der Waals surface area contributed by atoms with Crippen molar-refractivity contribution in [3.8, 4) is 17.0 Å². The van der Waals surface area contributed by atoms with Gasteiger partial charge in [-0.3, -0.25) is 0 Å². The van der Waals surface area contributed by atoms with Crippen LogP contribution in [-0.2, 0) is 6.18 Å². The second kappa shape index (κ2) is 6.05. The van der Waals surface area contributed by atoms with Crippen LogP contribution in [0.1, 0.15) is 11.5 Å². The molecule has 27 heavy (non-hydrogen) atoms. The molecule has 4 rings (SSSR count). The maximum atomic E-state index is 13.8. The molecule has 0 amide bonds. The van der Waals surface area contributed by atoms with E-state index in [1.807, 2.05) is 0 Å². The zero-order valence-corrected chi connectivity index (χ0v) is 14.9. The van der Waals surface area contributed by atoms with Crippen molar-refractivity contribution >= 4 is 31.8 Å². The number of methoxy groups -OCH3 is 1. The summed E-state index contributed by atoms with van der Waals surface area (Å²) in [5.74, 6) is 0.578. The molecule has 0 aliphatic rings. The normalized spacial score (nSPS) is 12.0. The molecule has 138 valence electrons. The number of hydrogen-bond donors (Lipinski definition) is 0. The molecule has 0 aliphatic carbocycles. The van der Waals surface area contributed by atoms with Crippen molar-refractivity contribution in [2.45, 2.75) is 13.1 Å². The Labute approximate surface area is 154 Å². The minimum Gasteiger partial charge on any atom is -0.497 e. The van der Waals surface area contributed by atoms with E-state index in [1.54, 1.807) is 24.3 Å². The zero-order valence-electron chi connectivity index (χ0n) is 14.0. The smallest absolute Gasteiger partial charge is 0.417 e. The average Bonchev–Trinajstić information content (AvgIpc) is 2.99. The molecule has 4 aromatic rings. The summed E-state index contributed by atoms with van der Waals surface area (Å²) in [7, 11) is 1.50. The maximum absolute atomic E-state index is 13.8. The number of fused-ring (bicyclic) bond motifs is 3. The van der Waals surface area contributed by atoms with Crippen LogP contribution in [0.4, 0.5) is 13.2 Å². The van der Waals surface area contributed by atoms with Gasteiger partial charge in [0.25, 0.3) is 0 Å². The molecule has 3 heterocycles. The summed E-state index contributed by atoms with van der Waals surface area (Å²) in [5, 5.41) is -0.184. The number of benzene rings is 1. The minimum absolute atomic E-state index is 0.000412. The van der Waals surface area contributed by atoms with Crippen LogP contribution in [0, 0.1) is 6.92 Å². The van der Waals surface area contributed by atoms with Crippen LogP contribution in [0.2, 0.25) is 0 Å². The summed E-state index contributed by atoms with van der Waals surface area (Å²) in [6.45, 7) is 1.41. The Balaban J connectivity index is 2.07. The summed E-state index contributed by atoms with van der Waals surface area (Å²) >= 11 is 0.839. The highest BCUT2D eigenvalue weighted by Crippen LogP contribution is 2.42. The predicted molar refractivity (Wildman–Crippen MR) is 95.2 cm³/mol. The maximum Gasteiger partial charge on any atom is 0.417 e. The lowest BCUT2D eigenvalue weighted by Gasteiger charge is -2.11. The monoisotopic (exact) mass is 392 g/mol. The van der Waals surface area contributed by atoms with E-state index in [9.17, 15) is 18.0 Å². The number of hydrogen-bond acceptors (Lipinski definition) is 6. The number of halogens is 3. The number of pyridine rings is 1. The fraction of sp³-hybridized carbons (Fsp3) is 0.167. The van der Waals surface area contributed by atoms with Crippen LogP contribution >= 0.6 is 11.3 Å². The topological polar surface area (TPSA) is 65.2 Å². The van der Waals surface area contributed by atoms with Crippen LogP contribution in [0.3, 0.4) is 0 Å². The first-order valence-electron chi connectivity index (χ1n) is 7.74. The van der Waals surface area contributed by atoms with E-state index >= 15 is 0 Å². The van der Waals surface area contributed by atoms with Gasteiger partial charge in [0, 0.05) is 12.5 Å². The highest BCUT2D eigenvalue weighted by atomic mass is 32.1. The molecule has 0 fully saturated rings. The molecule has 0 bridgehead atoms. The first-order valence-corrected chi connectivity index (χ1v) is 8.56. The van der Waals surface area contributed by atoms with E-state index in [1.165, 1.54) is 14.0 Å². The molecule has 9 heteroatoms. The first-order chi connectivity index (χ1) is 12.8. The molecule has 0 saturated heterocycles. The number of aromatic nitrogens is 2.